The SMILES string of the molecule is CC1(C(=O)O)CCCN1C(=O)Nc1c(Br)cc(Br)cc1Br. The molecule has 2 N–H and O–H groups in total. The third-order valence-electron chi connectivity index (χ3n) is 3.59. The monoisotopic (exact) mass is 482 g/mol. The number of benzene rings is 1. The Hall–Kier alpha value is -0.600. The van der Waals surface area contributed by atoms with Gasteiger partial charge in [-0.15, -0.1) is 0 Å². The van der Waals surface area contributed by atoms with Crippen LogP contribution in [-0.4, -0.2) is 34.1 Å². The minimum atomic E-state index is -1.15. The van der Waals surface area contributed by atoms with Crippen molar-refractivity contribution in [2.24, 2.45) is 0 Å². The number of urea groups is 1. The van der Waals surface area contributed by atoms with E-state index >= 15 is 0 Å². The molecule has 1 aliphatic rings. The van der Waals surface area contributed by atoms with Crippen LogP contribution < -0.4 is 5.32 Å². The number of carboxylic acid groups (broad SMARTS) is 1. The van der Waals surface area contributed by atoms with Crippen LogP contribution in [0.2, 0.25) is 0 Å². The minimum Gasteiger partial charge on any atom is -0.480 e. The van der Waals surface area contributed by atoms with Crippen LogP contribution in [0.3, 0.4) is 0 Å². The molecule has 1 fully saturated rings. The van der Waals surface area contributed by atoms with Gasteiger partial charge in [-0.25, -0.2) is 9.59 Å². The Kier molecular flexibility index (Phi) is 4.99. The molecule has 0 bridgehead atoms. The van der Waals surface area contributed by atoms with Gasteiger partial charge in [-0.2, -0.15) is 0 Å². The second-order valence-corrected chi connectivity index (χ2v) is 7.63. The Morgan fingerprint density at radius 3 is 2.38 bits per heavy atom. The van der Waals surface area contributed by atoms with Gasteiger partial charge in [0.2, 0.25) is 0 Å². The number of halogens is 3. The van der Waals surface area contributed by atoms with Crippen molar-refractivity contribution in [2.75, 3.05) is 11.9 Å². The van der Waals surface area contributed by atoms with Crippen LogP contribution in [0.15, 0.2) is 25.6 Å². The number of amides is 2. The second kappa shape index (κ2) is 6.26. The Labute approximate surface area is 147 Å². The van der Waals surface area contributed by atoms with E-state index < -0.39 is 17.5 Å². The first-order valence-electron chi connectivity index (χ1n) is 6.22. The first kappa shape index (κ1) is 16.8. The Morgan fingerprint density at radius 1 is 1.29 bits per heavy atom. The number of carbonyl (C=O) groups is 2. The summed E-state index contributed by atoms with van der Waals surface area (Å²) in [6.07, 6.45) is 1.14. The van der Waals surface area contributed by atoms with Crippen molar-refractivity contribution in [3.63, 3.8) is 0 Å². The van der Waals surface area contributed by atoms with E-state index in [2.05, 4.69) is 53.1 Å². The van der Waals surface area contributed by atoms with Gasteiger partial charge >= 0.3 is 12.0 Å². The highest BCUT2D eigenvalue weighted by Gasteiger charge is 2.46. The fraction of sp³-hybridized carbons (Fsp3) is 0.385. The lowest BCUT2D eigenvalue weighted by molar-refractivity contribution is -0.146. The summed E-state index contributed by atoms with van der Waals surface area (Å²) in [5, 5.41) is 12.1. The molecule has 1 unspecified atom stereocenters. The summed E-state index contributed by atoms with van der Waals surface area (Å²) in [6, 6.07) is 3.20. The fourth-order valence-corrected chi connectivity index (χ4v) is 4.80. The van der Waals surface area contributed by atoms with Crippen LogP contribution in [0.1, 0.15) is 19.8 Å². The van der Waals surface area contributed by atoms with Crippen molar-refractivity contribution in [3.05, 3.63) is 25.6 Å². The van der Waals surface area contributed by atoms with Gasteiger partial charge in [0, 0.05) is 20.0 Å². The van der Waals surface area contributed by atoms with E-state index in [0.717, 1.165) is 4.47 Å². The molecule has 8 heteroatoms. The van der Waals surface area contributed by atoms with Crippen LogP contribution in [0.4, 0.5) is 10.5 Å². The zero-order valence-corrected chi connectivity index (χ0v) is 15.9. The molecule has 114 valence electrons. The highest BCUT2D eigenvalue weighted by molar-refractivity contribution is 9.11. The number of carboxylic acids is 1. The molecule has 1 atom stereocenters. The van der Waals surface area contributed by atoms with Gasteiger partial charge in [0.05, 0.1) is 5.69 Å². The maximum absolute atomic E-state index is 12.4. The molecule has 0 aliphatic carbocycles. The molecular formula is C13H13Br3N2O3. The second-order valence-electron chi connectivity index (χ2n) is 5.01. The maximum atomic E-state index is 12.4. The average Bonchev–Trinajstić information content (AvgIpc) is 2.77. The molecule has 5 nitrogen and oxygen atoms in total. The minimum absolute atomic E-state index is 0.416. The third kappa shape index (κ3) is 3.27. The van der Waals surface area contributed by atoms with Crippen LogP contribution in [0.25, 0.3) is 0 Å². The maximum Gasteiger partial charge on any atom is 0.329 e. The highest BCUT2D eigenvalue weighted by Crippen LogP contribution is 2.36. The predicted octanol–water partition coefficient (Wildman–Crippen LogP) is 4.45. The number of carbonyl (C=O) groups excluding carboxylic acids is 1. The van der Waals surface area contributed by atoms with E-state index in [9.17, 15) is 14.7 Å². The molecule has 2 amide bonds. The molecule has 1 aliphatic heterocycles. The first-order valence-corrected chi connectivity index (χ1v) is 8.60. The predicted molar refractivity (Wildman–Crippen MR) is 90.5 cm³/mol. The van der Waals surface area contributed by atoms with Crippen molar-refractivity contribution in [1.82, 2.24) is 4.90 Å². The van der Waals surface area contributed by atoms with E-state index in [4.69, 9.17) is 0 Å². The molecule has 2 rings (SSSR count). The molecule has 0 aromatic heterocycles. The van der Waals surface area contributed by atoms with Gasteiger partial charge in [-0.3, -0.25) is 0 Å². The van der Waals surface area contributed by atoms with Gasteiger partial charge in [0.15, 0.2) is 0 Å². The number of aliphatic carboxylic acids is 1. The Morgan fingerprint density at radius 2 is 1.86 bits per heavy atom. The lowest BCUT2D eigenvalue weighted by Gasteiger charge is -2.31. The number of anilines is 1. The third-order valence-corrected chi connectivity index (χ3v) is 5.29. The number of hydrogen-bond donors (Lipinski definition) is 2. The summed E-state index contributed by atoms with van der Waals surface area (Å²) in [5.74, 6) is -0.982. The summed E-state index contributed by atoms with van der Waals surface area (Å²) >= 11 is 10.1. The number of hydrogen-bond acceptors (Lipinski definition) is 2. The van der Waals surface area contributed by atoms with Crippen molar-refractivity contribution >= 4 is 65.5 Å². The van der Waals surface area contributed by atoms with Gasteiger partial charge in [0.25, 0.3) is 0 Å². The van der Waals surface area contributed by atoms with E-state index in [1.165, 1.54) is 4.90 Å². The molecular weight excluding hydrogens is 472 g/mol. The van der Waals surface area contributed by atoms with E-state index in [-0.39, 0.29) is 0 Å². The Bertz CT molecular complexity index is 585. The van der Waals surface area contributed by atoms with E-state index in [1.807, 2.05) is 0 Å². The van der Waals surface area contributed by atoms with E-state index in [1.54, 1.807) is 19.1 Å². The van der Waals surface area contributed by atoms with Crippen molar-refractivity contribution in [2.45, 2.75) is 25.3 Å². The van der Waals surface area contributed by atoms with Crippen molar-refractivity contribution in [1.29, 1.82) is 0 Å². The summed E-state index contributed by atoms with van der Waals surface area (Å²) in [6.45, 7) is 2.01. The molecule has 21 heavy (non-hydrogen) atoms. The number of rotatable bonds is 2. The molecule has 1 aromatic carbocycles. The average molecular weight is 485 g/mol. The van der Waals surface area contributed by atoms with Gasteiger partial charge in [-0.05, 0) is 63.8 Å². The van der Waals surface area contributed by atoms with Crippen LogP contribution >= 0.6 is 47.8 Å². The molecule has 1 heterocycles. The van der Waals surface area contributed by atoms with Crippen molar-refractivity contribution < 1.29 is 14.7 Å². The lowest BCUT2D eigenvalue weighted by atomic mass is 10.00. The highest BCUT2D eigenvalue weighted by atomic mass is 79.9. The van der Waals surface area contributed by atoms with Crippen LogP contribution in [0.5, 0.6) is 0 Å². The van der Waals surface area contributed by atoms with Gasteiger partial charge in [-0.1, -0.05) is 15.9 Å². The standard InChI is InChI=1S/C13H13Br3N2O3/c1-13(11(19)20)3-2-4-18(13)12(21)17-10-8(15)5-7(14)6-9(10)16/h5-6H,2-4H2,1H3,(H,17,21)(H,19,20). The molecule has 1 saturated heterocycles. The Balaban J connectivity index is 2.25. The summed E-state index contributed by atoms with van der Waals surface area (Å²) in [7, 11) is 0. The van der Waals surface area contributed by atoms with E-state index in [0.29, 0.717) is 34.0 Å². The molecule has 0 spiro atoms. The number of likely N-dealkylation sites (tertiary alicyclic amines) is 1. The van der Waals surface area contributed by atoms with Gasteiger partial charge in [0.1, 0.15) is 5.54 Å². The summed E-state index contributed by atoms with van der Waals surface area (Å²) in [4.78, 5) is 25.2. The number of nitrogens with one attached hydrogen (secondary N) is 1. The zero-order chi connectivity index (χ0) is 15.8. The fourth-order valence-electron chi connectivity index (χ4n) is 2.35. The van der Waals surface area contributed by atoms with Crippen LogP contribution in [-0.2, 0) is 4.79 Å². The quantitative estimate of drug-likeness (QED) is 0.651. The largest absolute Gasteiger partial charge is 0.480 e. The summed E-state index contributed by atoms with van der Waals surface area (Å²) < 4.78 is 2.26. The molecule has 0 radical (unpaired) electrons. The van der Waals surface area contributed by atoms with Crippen molar-refractivity contribution in [3.8, 4) is 0 Å². The van der Waals surface area contributed by atoms with Crippen LogP contribution in [0, 0.1) is 0 Å². The molecule has 0 saturated carbocycles. The van der Waals surface area contributed by atoms with Gasteiger partial charge < -0.3 is 15.3 Å². The topological polar surface area (TPSA) is 69.6 Å². The lowest BCUT2D eigenvalue weighted by Crippen LogP contribution is -2.52. The normalized spacial score (nSPS) is 21.4. The smallest absolute Gasteiger partial charge is 0.329 e. The first-order chi connectivity index (χ1) is 9.75. The summed E-state index contributed by atoms with van der Waals surface area (Å²) in [5.41, 5.74) is -0.582. The zero-order valence-electron chi connectivity index (χ0n) is 11.1. The molecule has 1 aromatic rings. The number of nitrogens with zero attached hydrogens (tertiary/aromatic N) is 1.